The van der Waals surface area contributed by atoms with E-state index in [0.29, 0.717) is 29.6 Å². The van der Waals surface area contributed by atoms with Gasteiger partial charge in [-0.3, -0.25) is 4.79 Å². The van der Waals surface area contributed by atoms with Gasteiger partial charge >= 0.3 is 5.97 Å². The molecular formula is C33H41NO4. The molecule has 3 aliphatic rings. The zero-order valence-electron chi connectivity index (χ0n) is 22.7. The highest BCUT2D eigenvalue weighted by Crippen LogP contribution is 2.42. The molecule has 2 aromatic rings. The van der Waals surface area contributed by atoms with Crippen LogP contribution in [0.5, 0.6) is 5.75 Å². The lowest BCUT2D eigenvalue weighted by molar-refractivity contribution is -0.122. The van der Waals surface area contributed by atoms with Crippen molar-refractivity contribution in [3.8, 4) is 16.9 Å². The third-order valence-electron chi connectivity index (χ3n) is 8.91. The van der Waals surface area contributed by atoms with E-state index in [-0.39, 0.29) is 17.6 Å². The Bertz CT molecular complexity index is 1200. The smallest absolute Gasteiger partial charge is 0.335 e. The van der Waals surface area contributed by atoms with Gasteiger partial charge in [-0.1, -0.05) is 50.3 Å². The van der Waals surface area contributed by atoms with Gasteiger partial charge < -0.3 is 15.2 Å². The molecule has 0 aromatic heterocycles. The molecule has 2 aliphatic carbocycles. The van der Waals surface area contributed by atoms with Gasteiger partial charge in [0, 0.05) is 30.0 Å². The number of hydrogen-bond acceptors (Lipinski definition) is 4. The van der Waals surface area contributed by atoms with Crippen LogP contribution in [0.4, 0.5) is 0 Å². The van der Waals surface area contributed by atoms with Gasteiger partial charge in [-0.2, -0.15) is 0 Å². The molecule has 0 bridgehead atoms. The first-order chi connectivity index (χ1) is 18.3. The standard InChI is InChI=1S/C33H41NO4/c1-22(2)27-9-4-5-10-28(27)29-19-24(32(36)37)13-15-31(29)38-26-14-12-23(18-26)8-3-6-11-30(35)25-20-33(34-21-25)16-7-17-33/h3-5,8-10,13,15,19,22-23,25-26,34H,6-7,11-12,14,16-18,20-21H2,1-2H3,(H,36,37)/b8-3+/t23-,25-,26-/m1/s1. The Morgan fingerprint density at radius 2 is 1.95 bits per heavy atom. The van der Waals surface area contributed by atoms with Gasteiger partial charge in [-0.15, -0.1) is 0 Å². The molecule has 0 amide bonds. The fraction of sp³-hybridized carbons (Fsp3) is 0.515. The molecule has 2 aromatic carbocycles. The molecular weight excluding hydrogens is 474 g/mol. The molecule has 0 unspecified atom stereocenters. The van der Waals surface area contributed by atoms with Crippen molar-refractivity contribution in [1.29, 1.82) is 0 Å². The molecule has 38 heavy (non-hydrogen) atoms. The molecule has 1 spiro atoms. The lowest BCUT2D eigenvalue weighted by atomic mass is 9.74. The van der Waals surface area contributed by atoms with Gasteiger partial charge in [0.2, 0.25) is 0 Å². The quantitative estimate of drug-likeness (QED) is 0.328. The number of Topliss-reactive ketones (excluding diaryl/α,β-unsaturated/α-hetero) is 1. The molecule has 2 N–H and O–H groups in total. The Labute approximate surface area is 226 Å². The first-order valence-corrected chi connectivity index (χ1v) is 14.4. The van der Waals surface area contributed by atoms with Gasteiger partial charge in [0.1, 0.15) is 11.5 Å². The average molecular weight is 516 g/mol. The second-order valence-corrected chi connectivity index (χ2v) is 11.9. The van der Waals surface area contributed by atoms with E-state index in [9.17, 15) is 14.7 Å². The van der Waals surface area contributed by atoms with Gasteiger partial charge in [0.05, 0.1) is 11.7 Å². The van der Waals surface area contributed by atoms with Crippen LogP contribution in [0.3, 0.4) is 0 Å². The molecule has 0 radical (unpaired) electrons. The molecule has 202 valence electrons. The molecule has 1 aliphatic heterocycles. The number of hydrogen-bond donors (Lipinski definition) is 2. The summed E-state index contributed by atoms with van der Waals surface area (Å²) in [6.45, 7) is 5.16. The topological polar surface area (TPSA) is 75.6 Å². The minimum atomic E-state index is -0.934. The summed E-state index contributed by atoms with van der Waals surface area (Å²) in [6.07, 6.45) is 13.8. The van der Waals surface area contributed by atoms with Crippen molar-refractivity contribution in [3.05, 3.63) is 65.7 Å². The maximum atomic E-state index is 12.7. The number of carboxylic acid groups (broad SMARTS) is 1. The van der Waals surface area contributed by atoms with E-state index in [1.807, 2.05) is 18.2 Å². The Morgan fingerprint density at radius 1 is 1.13 bits per heavy atom. The molecule has 3 fully saturated rings. The minimum Gasteiger partial charge on any atom is -0.490 e. The number of allylic oxidation sites excluding steroid dienone is 2. The van der Waals surface area contributed by atoms with Gasteiger partial charge in [-0.05, 0) is 92.5 Å². The Hall–Kier alpha value is -2.92. The van der Waals surface area contributed by atoms with Crippen molar-refractivity contribution >= 4 is 11.8 Å². The lowest BCUT2D eigenvalue weighted by Crippen LogP contribution is -2.45. The highest BCUT2D eigenvalue weighted by molar-refractivity contribution is 5.91. The number of ketones is 1. The fourth-order valence-corrected chi connectivity index (χ4v) is 6.54. The van der Waals surface area contributed by atoms with Crippen LogP contribution >= 0.6 is 0 Å². The van der Waals surface area contributed by atoms with Gasteiger partial charge in [-0.25, -0.2) is 4.79 Å². The van der Waals surface area contributed by atoms with E-state index >= 15 is 0 Å². The van der Waals surface area contributed by atoms with Crippen LogP contribution in [-0.2, 0) is 4.79 Å². The number of rotatable bonds is 10. The number of carbonyl (C=O) groups excluding carboxylic acids is 1. The summed E-state index contributed by atoms with van der Waals surface area (Å²) in [4.78, 5) is 24.4. The summed E-state index contributed by atoms with van der Waals surface area (Å²) >= 11 is 0. The Morgan fingerprint density at radius 3 is 2.66 bits per heavy atom. The zero-order valence-corrected chi connectivity index (χ0v) is 22.7. The van der Waals surface area contributed by atoms with Crippen LogP contribution in [0.25, 0.3) is 11.1 Å². The largest absolute Gasteiger partial charge is 0.490 e. The maximum Gasteiger partial charge on any atom is 0.335 e. The first-order valence-electron chi connectivity index (χ1n) is 14.4. The van der Waals surface area contributed by atoms with Crippen LogP contribution in [0.15, 0.2) is 54.6 Å². The van der Waals surface area contributed by atoms with E-state index in [1.54, 1.807) is 12.1 Å². The normalized spacial score (nSPS) is 24.2. The number of nitrogens with one attached hydrogen (secondary N) is 1. The number of carboxylic acids is 1. The number of ether oxygens (including phenoxy) is 1. The van der Waals surface area contributed by atoms with Crippen molar-refractivity contribution < 1.29 is 19.4 Å². The third kappa shape index (κ3) is 5.88. The van der Waals surface area contributed by atoms with E-state index in [2.05, 4.69) is 43.4 Å². The Balaban J connectivity index is 1.18. The van der Waals surface area contributed by atoms with Crippen molar-refractivity contribution in [3.63, 3.8) is 0 Å². The minimum absolute atomic E-state index is 0.0927. The van der Waals surface area contributed by atoms with Gasteiger partial charge in [0.25, 0.3) is 0 Å². The predicted molar refractivity (Wildman–Crippen MR) is 151 cm³/mol. The van der Waals surface area contributed by atoms with E-state index < -0.39 is 5.97 Å². The summed E-state index contributed by atoms with van der Waals surface area (Å²) in [5, 5.41) is 13.2. The van der Waals surface area contributed by atoms with Crippen LogP contribution in [-0.4, -0.2) is 35.0 Å². The summed E-state index contributed by atoms with van der Waals surface area (Å²) in [5.74, 6) is 1.19. The van der Waals surface area contributed by atoms with Crippen molar-refractivity contribution in [2.45, 2.75) is 89.2 Å². The first kappa shape index (κ1) is 26.7. The van der Waals surface area contributed by atoms with Crippen LogP contribution < -0.4 is 10.1 Å². The average Bonchev–Trinajstić information content (AvgIpc) is 3.54. The van der Waals surface area contributed by atoms with Crippen LogP contribution in [0, 0.1) is 11.8 Å². The summed E-state index contributed by atoms with van der Waals surface area (Å²) in [5.41, 5.74) is 3.61. The van der Waals surface area contributed by atoms with Crippen LogP contribution in [0.1, 0.15) is 93.5 Å². The molecule has 1 heterocycles. The number of benzene rings is 2. The van der Waals surface area contributed by atoms with Crippen molar-refractivity contribution in [1.82, 2.24) is 5.32 Å². The monoisotopic (exact) mass is 515 g/mol. The van der Waals surface area contributed by atoms with Gasteiger partial charge in [0.15, 0.2) is 0 Å². The second kappa shape index (κ2) is 11.4. The lowest BCUT2D eigenvalue weighted by Gasteiger charge is -2.38. The molecule has 1 saturated heterocycles. The molecule has 2 saturated carbocycles. The number of aromatic carboxylic acids is 1. The molecule has 5 nitrogen and oxygen atoms in total. The van der Waals surface area contributed by atoms with E-state index in [0.717, 1.165) is 55.5 Å². The summed E-state index contributed by atoms with van der Waals surface area (Å²) in [7, 11) is 0. The summed E-state index contributed by atoms with van der Waals surface area (Å²) < 4.78 is 6.52. The predicted octanol–water partition coefficient (Wildman–Crippen LogP) is 7.16. The SMILES string of the molecule is CC(C)c1ccccc1-c1cc(C(=O)O)ccc1O[C@@H]1CC[C@@H](/C=C/CCC(=O)[C@H]2CNC3(CCC3)C2)C1. The molecule has 3 atom stereocenters. The third-order valence-corrected chi connectivity index (χ3v) is 8.91. The van der Waals surface area contributed by atoms with E-state index in [1.165, 1.54) is 24.8 Å². The molecule has 5 rings (SSSR count). The van der Waals surface area contributed by atoms with Crippen molar-refractivity contribution in [2.24, 2.45) is 11.8 Å². The summed E-state index contributed by atoms with van der Waals surface area (Å²) in [6, 6.07) is 13.4. The van der Waals surface area contributed by atoms with E-state index in [4.69, 9.17) is 4.74 Å². The number of carbonyl (C=O) groups is 2. The second-order valence-electron chi connectivity index (χ2n) is 11.9. The maximum absolute atomic E-state index is 12.7. The highest BCUT2D eigenvalue weighted by Gasteiger charge is 2.44. The highest BCUT2D eigenvalue weighted by atomic mass is 16.5. The fourth-order valence-electron chi connectivity index (χ4n) is 6.54. The zero-order chi connectivity index (χ0) is 26.7. The van der Waals surface area contributed by atoms with Crippen molar-refractivity contribution in [2.75, 3.05) is 6.54 Å². The van der Waals surface area contributed by atoms with Crippen LogP contribution in [0.2, 0.25) is 0 Å². The Kier molecular flexibility index (Phi) is 8.04. The molecule has 5 heteroatoms.